The van der Waals surface area contributed by atoms with E-state index in [1.54, 1.807) is 30.3 Å². The number of amides is 2. The minimum Gasteiger partial charge on any atom is -0.323 e. The quantitative estimate of drug-likeness (QED) is 0.196. The fourth-order valence-corrected chi connectivity index (χ4v) is 4.02. The van der Waals surface area contributed by atoms with Crippen LogP contribution in [0.2, 0.25) is 5.02 Å². The van der Waals surface area contributed by atoms with Crippen LogP contribution in [0.5, 0.6) is 0 Å². The molecule has 0 aliphatic rings. The van der Waals surface area contributed by atoms with Crippen LogP contribution in [0, 0.1) is 5.92 Å². The number of hydrazine groups is 1. The molecule has 0 saturated carbocycles. The summed E-state index contributed by atoms with van der Waals surface area (Å²) in [5, 5.41) is 3.25. The number of anilines is 1. The van der Waals surface area contributed by atoms with Crippen LogP contribution in [0.1, 0.15) is 25.8 Å². The third-order valence-electron chi connectivity index (χ3n) is 4.19. The van der Waals surface area contributed by atoms with E-state index in [1.165, 1.54) is 30.3 Å². The summed E-state index contributed by atoms with van der Waals surface area (Å²) in [6, 6.07) is 11.6. The van der Waals surface area contributed by atoms with Gasteiger partial charge in [0.2, 0.25) is 15.9 Å². The molecular weight excluding hydrogens is 440 g/mol. The molecule has 8 nitrogen and oxygen atoms in total. The summed E-state index contributed by atoms with van der Waals surface area (Å²) < 4.78 is 27.6. The van der Waals surface area contributed by atoms with Crippen molar-refractivity contribution >= 4 is 45.2 Å². The summed E-state index contributed by atoms with van der Waals surface area (Å²) in [5.41, 5.74) is 3.20. The van der Waals surface area contributed by atoms with Crippen LogP contribution >= 0.6 is 11.6 Å². The minimum absolute atomic E-state index is 0.0409. The Morgan fingerprint density at radius 3 is 2.23 bits per heavy atom. The van der Waals surface area contributed by atoms with Gasteiger partial charge in [-0.05, 0) is 60.4 Å². The first kappa shape index (κ1) is 24.5. The number of hydrogen-bond donors (Lipinski definition) is 4. The van der Waals surface area contributed by atoms with Gasteiger partial charge in [0.15, 0.2) is 0 Å². The molecule has 0 heterocycles. The normalized spacial score (nSPS) is 12.7. The molecule has 2 aromatic carbocycles. The van der Waals surface area contributed by atoms with Gasteiger partial charge in [-0.2, -0.15) is 4.72 Å². The summed E-state index contributed by atoms with van der Waals surface area (Å²) in [6.07, 6.45) is 3.28. The largest absolute Gasteiger partial charge is 0.323 e. The van der Waals surface area contributed by atoms with Crippen molar-refractivity contribution in [1.29, 1.82) is 0 Å². The van der Waals surface area contributed by atoms with Gasteiger partial charge in [-0.15, -0.1) is 0 Å². The van der Waals surface area contributed by atoms with Gasteiger partial charge in [0, 0.05) is 16.8 Å². The highest BCUT2D eigenvalue weighted by molar-refractivity contribution is 7.89. The van der Waals surface area contributed by atoms with Gasteiger partial charge in [0.05, 0.1) is 4.90 Å². The predicted molar refractivity (Wildman–Crippen MR) is 121 cm³/mol. The van der Waals surface area contributed by atoms with E-state index in [1.807, 2.05) is 19.3 Å². The number of nitrogens with one attached hydrogen (secondary N) is 3. The molecular formula is C21H25ClN4O4S. The first-order valence-electron chi connectivity index (χ1n) is 9.48. The molecule has 0 aliphatic heterocycles. The molecule has 0 unspecified atom stereocenters. The Balaban J connectivity index is 2.04. The number of halogens is 1. The molecule has 5 N–H and O–H groups in total. The van der Waals surface area contributed by atoms with Crippen molar-refractivity contribution in [2.24, 2.45) is 11.8 Å². The molecule has 0 radical (unpaired) electrons. The number of nitrogens with two attached hydrogens (primary N) is 1. The third-order valence-corrected chi connectivity index (χ3v) is 5.93. The smallest absolute Gasteiger partial charge is 0.252 e. The Labute approximate surface area is 186 Å². The van der Waals surface area contributed by atoms with Gasteiger partial charge in [0.1, 0.15) is 6.04 Å². The molecule has 0 saturated heterocycles. The van der Waals surface area contributed by atoms with Crippen molar-refractivity contribution in [3.8, 4) is 0 Å². The standard InChI is InChI=1S/C21H25ClN4O4S/c1-14(2)13-19(21(28)25-23)26-31(29,30)18-10-8-17(9-11-18)24-20(27)12-5-15-3-6-16(22)7-4-15/h3-12,14,19,26H,13,23H2,1-2H3,(H,24,27)(H,25,28)/b12-5+/t19-/m0/s1. The van der Waals surface area contributed by atoms with Gasteiger partial charge in [0.25, 0.3) is 5.91 Å². The highest BCUT2D eigenvalue weighted by Crippen LogP contribution is 2.16. The number of carbonyl (C=O) groups excluding carboxylic acids is 2. The van der Waals surface area contributed by atoms with E-state index in [0.717, 1.165) is 5.56 Å². The molecule has 2 amide bonds. The highest BCUT2D eigenvalue weighted by atomic mass is 35.5. The maximum Gasteiger partial charge on any atom is 0.252 e. The third kappa shape index (κ3) is 7.80. The Kier molecular flexibility index (Phi) is 8.76. The molecule has 0 fully saturated rings. The van der Waals surface area contributed by atoms with Crippen LogP contribution in [-0.4, -0.2) is 26.3 Å². The van der Waals surface area contributed by atoms with E-state index in [2.05, 4.69) is 10.0 Å². The second-order valence-electron chi connectivity index (χ2n) is 7.21. The van der Waals surface area contributed by atoms with Crippen molar-refractivity contribution in [3.05, 3.63) is 65.2 Å². The predicted octanol–water partition coefficient (Wildman–Crippen LogP) is 2.67. The maximum absolute atomic E-state index is 12.6. The van der Waals surface area contributed by atoms with Crippen molar-refractivity contribution in [2.75, 3.05) is 5.32 Å². The van der Waals surface area contributed by atoms with E-state index in [9.17, 15) is 18.0 Å². The summed E-state index contributed by atoms with van der Waals surface area (Å²) in [7, 11) is -3.96. The topological polar surface area (TPSA) is 130 Å². The second-order valence-corrected chi connectivity index (χ2v) is 9.36. The van der Waals surface area contributed by atoms with Crippen LogP contribution < -0.4 is 21.3 Å². The SMILES string of the molecule is CC(C)C[C@H](NS(=O)(=O)c1ccc(NC(=O)/C=C/c2ccc(Cl)cc2)cc1)C(=O)NN. The highest BCUT2D eigenvalue weighted by Gasteiger charge is 2.26. The van der Waals surface area contributed by atoms with Gasteiger partial charge in [-0.25, -0.2) is 14.3 Å². The zero-order valence-corrected chi connectivity index (χ0v) is 18.7. The van der Waals surface area contributed by atoms with Crippen molar-refractivity contribution < 1.29 is 18.0 Å². The summed E-state index contributed by atoms with van der Waals surface area (Å²) in [5.74, 6) is 4.24. The zero-order chi connectivity index (χ0) is 23.0. The van der Waals surface area contributed by atoms with E-state index < -0.39 is 22.0 Å². The molecule has 166 valence electrons. The molecule has 0 bridgehead atoms. The van der Waals surface area contributed by atoms with Crippen LogP contribution in [0.15, 0.2) is 59.5 Å². The Morgan fingerprint density at radius 1 is 1.06 bits per heavy atom. The number of rotatable bonds is 9. The molecule has 0 aliphatic carbocycles. The molecule has 0 aromatic heterocycles. The molecule has 2 aromatic rings. The van der Waals surface area contributed by atoms with Crippen molar-refractivity contribution in [1.82, 2.24) is 10.1 Å². The molecule has 10 heteroatoms. The maximum atomic E-state index is 12.6. The summed E-state index contributed by atoms with van der Waals surface area (Å²) in [4.78, 5) is 23.9. The lowest BCUT2D eigenvalue weighted by atomic mass is 10.0. The van der Waals surface area contributed by atoms with Crippen LogP contribution in [0.3, 0.4) is 0 Å². The number of hydrogen-bond acceptors (Lipinski definition) is 5. The number of sulfonamides is 1. The van der Waals surface area contributed by atoms with Gasteiger partial charge in [-0.3, -0.25) is 15.0 Å². The lowest BCUT2D eigenvalue weighted by Crippen LogP contribution is -2.49. The molecule has 0 spiro atoms. The van der Waals surface area contributed by atoms with E-state index in [4.69, 9.17) is 17.4 Å². The van der Waals surface area contributed by atoms with E-state index >= 15 is 0 Å². The first-order chi connectivity index (χ1) is 14.6. The average Bonchev–Trinajstić information content (AvgIpc) is 2.72. The Morgan fingerprint density at radius 2 is 1.68 bits per heavy atom. The zero-order valence-electron chi connectivity index (χ0n) is 17.1. The average molecular weight is 465 g/mol. The molecule has 1 atom stereocenters. The fraction of sp³-hybridized carbons (Fsp3) is 0.238. The van der Waals surface area contributed by atoms with Crippen LogP contribution in [-0.2, 0) is 19.6 Å². The summed E-state index contributed by atoms with van der Waals surface area (Å²) in [6.45, 7) is 3.73. The lowest BCUT2D eigenvalue weighted by Gasteiger charge is -2.19. The number of carbonyl (C=O) groups is 2. The second kappa shape index (κ2) is 11.1. The Bertz CT molecular complexity index is 1040. The molecule has 2 rings (SSSR count). The monoisotopic (exact) mass is 464 g/mol. The van der Waals surface area contributed by atoms with Gasteiger partial charge in [-0.1, -0.05) is 37.6 Å². The van der Waals surface area contributed by atoms with E-state index in [0.29, 0.717) is 10.7 Å². The first-order valence-corrected chi connectivity index (χ1v) is 11.3. The van der Waals surface area contributed by atoms with Crippen molar-refractivity contribution in [3.63, 3.8) is 0 Å². The summed E-state index contributed by atoms with van der Waals surface area (Å²) >= 11 is 5.82. The minimum atomic E-state index is -3.96. The Hall–Kier alpha value is -2.72. The van der Waals surface area contributed by atoms with Crippen molar-refractivity contribution in [2.45, 2.75) is 31.2 Å². The number of benzene rings is 2. The lowest BCUT2D eigenvalue weighted by molar-refractivity contribution is -0.123. The molecule has 31 heavy (non-hydrogen) atoms. The van der Waals surface area contributed by atoms with Crippen LogP contribution in [0.25, 0.3) is 6.08 Å². The van der Waals surface area contributed by atoms with Gasteiger partial charge >= 0.3 is 0 Å². The fourth-order valence-electron chi connectivity index (χ4n) is 2.68. The van der Waals surface area contributed by atoms with E-state index in [-0.39, 0.29) is 23.1 Å². The van der Waals surface area contributed by atoms with Gasteiger partial charge < -0.3 is 5.32 Å². The van der Waals surface area contributed by atoms with Crippen LogP contribution in [0.4, 0.5) is 5.69 Å².